The Labute approximate surface area is 91.1 Å². The van der Waals surface area contributed by atoms with Crippen molar-refractivity contribution in [3.05, 3.63) is 23.3 Å². The van der Waals surface area contributed by atoms with Gasteiger partial charge in [-0.25, -0.2) is 0 Å². The van der Waals surface area contributed by atoms with Gasteiger partial charge in [0.25, 0.3) is 0 Å². The van der Waals surface area contributed by atoms with Gasteiger partial charge in [-0.2, -0.15) is 0 Å². The average Bonchev–Trinajstić information content (AvgIpc) is 2.23. The number of methoxy groups -OCH3 is 1. The van der Waals surface area contributed by atoms with Gasteiger partial charge < -0.3 is 15.2 Å². The summed E-state index contributed by atoms with van der Waals surface area (Å²) in [5, 5.41) is 12.7. The minimum atomic E-state index is 0.225. The van der Waals surface area contributed by atoms with Crippen molar-refractivity contribution in [1.29, 1.82) is 0 Å². The number of hydrogen-bond acceptors (Lipinski definition) is 3. The maximum absolute atomic E-state index is 9.63. The second kappa shape index (κ2) is 5.61. The molecule has 1 aromatic carbocycles. The summed E-state index contributed by atoms with van der Waals surface area (Å²) in [6.07, 6.45) is 2.05. The SMILES string of the molecule is CNCCCc1cc(O)c(OC)cc1C. The third-order valence-electron chi connectivity index (χ3n) is 2.51. The lowest BCUT2D eigenvalue weighted by Crippen LogP contribution is -2.08. The molecule has 0 spiro atoms. The van der Waals surface area contributed by atoms with Crippen molar-refractivity contribution in [2.24, 2.45) is 0 Å². The Morgan fingerprint density at radius 2 is 2.13 bits per heavy atom. The van der Waals surface area contributed by atoms with E-state index in [1.54, 1.807) is 13.2 Å². The number of hydrogen-bond donors (Lipinski definition) is 2. The zero-order valence-corrected chi connectivity index (χ0v) is 9.63. The molecule has 0 heterocycles. The molecule has 0 aliphatic carbocycles. The Bertz CT molecular complexity index is 324. The van der Waals surface area contributed by atoms with Gasteiger partial charge in [-0.3, -0.25) is 0 Å². The van der Waals surface area contributed by atoms with Crippen LogP contribution in [0.3, 0.4) is 0 Å². The molecule has 0 atom stereocenters. The predicted molar refractivity (Wildman–Crippen MR) is 61.6 cm³/mol. The second-order valence-electron chi connectivity index (χ2n) is 3.66. The molecule has 1 aromatic rings. The van der Waals surface area contributed by atoms with E-state index in [9.17, 15) is 5.11 Å². The first-order chi connectivity index (χ1) is 7.19. The summed E-state index contributed by atoms with van der Waals surface area (Å²) >= 11 is 0. The molecule has 0 amide bonds. The van der Waals surface area contributed by atoms with E-state index in [2.05, 4.69) is 5.32 Å². The van der Waals surface area contributed by atoms with Crippen LogP contribution < -0.4 is 10.1 Å². The normalized spacial score (nSPS) is 10.3. The van der Waals surface area contributed by atoms with Crippen LogP contribution in [0, 0.1) is 6.92 Å². The summed E-state index contributed by atoms with van der Waals surface area (Å²) in [7, 11) is 3.51. The van der Waals surface area contributed by atoms with Gasteiger partial charge in [0.1, 0.15) is 0 Å². The number of rotatable bonds is 5. The van der Waals surface area contributed by atoms with E-state index in [1.165, 1.54) is 11.1 Å². The average molecular weight is 209 g/mol. The lowest BCUT2D eigenvalue weighted by molar-refractivity contribution is 0.372. The van der Waals surface area contributed by atoms with Crippen molar-refractivity contribution < 1.29 is 9.84 Å². The largest absolute Gasteiger partial charge is 0.504 e. The van der Waals surface area contributed by atoms with Crippen LogP contribution in [0.4, 0.5) is 0 Å². The maximum atomic E-state index is 9.63. The number of ether oxygens (including phenoxy) is 1. The van der Waals surface area contributed by atoms with Crippen LogP contribution in [-0.2, 0) is 6.42 Å². The summed E-state index contributed by atoms with van der Waals surface area (Å²) < 4.78 is 5.04. The van der Waals surface area contributed by atoms with Crippen LogP contribution in [0.1, 0.15) is 17.5 Å². The van der Waals surface area contributed by atoms with Gasteiger partial charge in [-0.05, 0) is 56.6 Å². The molecule has 0 fully saturated rings. The molecule has 0 saturated carbocycles. The summed E-state index contributed by atoms with van der Waals surface area (Å²) in [4.78, 5) is 0. The summed E-state index contributed by atoms with van der Waals surface area (Å²) in [5.74, 6) is 0.771. The van der Waals surface area contributed by atoms with Crippen LogP contribution >= 0.6 is 0 Å². The number of aryl methyl sites for hydroxylation is 2. The van der Waals surface area contributed by atoms with E-state index in [-0.39, 0.29) is 5.75 Å². The molecule has 0 aromatic heterocycles. The molecule has 2 N–H and O–H groups in total. The lowest BCUT2D eigenvalue weighted by atomic mass is 10.0. The first-order valence-electron chi connectivity index (χ1n) is 5.20. The highest BCUT2D eigenvalue weighted by molar-refractivity contribution is 5.46. The molecule has 0 aliphatic heterocycles. The standard InChI is InChI=1S/C12H19NO2/c1-9-7-12(15-3)11(14)8-10(9)5-4-6-13-2/h7-8,13-14H,4-6H2,1-3H3. The van der Waals surface area contributed by atoms with Crippen LogP contribution in [0.2, 0.25) is 0 Å². The topological polar surface area (TPSA) is 41.5 Å². The first-order valence-corrected chi connectivity index (χ1v) is 5.20. The van der Waals surface area contributed by atoms with Crippen LogP contribution in [0.15, 0.2) is 12.1 Å². The van der Waals surface area contributed by atoms with Crippen LogP contribution in [-0.4, -0.2) is 25.8 Å². The van der Waals surface area contributed by atoms with Gasteiger partial charge in [0, 0.05) is 0 Å². The van der Waals surface area contributed by atoms with Gasteiger partial charge in [0.2, 0.25) is 0 Å². The first kappa shape index (κ1) is 11.9. The molecule has 3 heteroatoms. The predicted octanol–water partition coefficient (Wildman–Crippen LogP) is 1.86. The minimum absolute atomic E-state index is 0.225. The second-order valence-corrected chi connectivity index (χ2v) is 3.66. The molecular weight excluding hydrogens is 190 g/mol. The van der Waals surface area contributed by atoms with Crippen molar-refractivity contribution in [3.63, 3.8) is 0 Å². The number of phenols is 1. The Morgan fingerprint density at radius 3 is 2.73 bits per heavy atom. The molecule has 0 bridgehead atoms. The van der Waals surface area contributed by atoms with Crippen LogP contribution in [0.5, 0.6) is 11.5 Å². The van der Waals surface area contributed by atoms with E-state index in [0.29, 0.717) is 5.75 Å². The van der Waals surface area contributed by atoms with E-state index >= 15 is 0 Å². The van der Waals surface area contributed by atoms with Gasteiger partial charge in [-0.15, -0.1) is 0 Å². The Balaban J connectivity index is 2.76. The quantitative estimate of drug-likeness (QED) is 0.727. The van der Waals surface area contributed by atoms with Crippen molar-refractivity contribution >= 4 is 0 Å². The van der Waals surface area contributed by atoms with E-state index in [4.69, 9.17) is 4.74 Å². The molecule has 0 saturated heterocycles. The maximum Gasteiger partial charge on any atom is 0.160 e. The monoisotopic (exact) mass is 209 g/mol. The molecular formula is C12H19NO2. The van der Waals surface area contributed by atoms with Crippen molar-refractivity contribution in [3.8, 4) is 11.5 Å². The zero-order chi connectivity index (χ0) is 11.3. The Morgan fingerprint density at radius 1 is 1.40 bits per heavy atom. The summed E-state index contributed by atoms with van der Waals surface area (Å²) in [6.45, 7) is 3.03. The third-order valence-corrected chi connectivity index (χ3v) is 2.51. The molecule has 0 unspecified atom stereocenters. The molecule has 0 aliphatic rings. The molecule has 3 nitrogen and oxygen atoms in total. The van der Waals surface area contributed by atoms with Gasteiger partial charge in [0.15, 0.2) is 11.5 Å². The Hall–Kier alpha value is -1.22. The fourth-order valence-electron chi connectivity index (χ4n) is 1.60. The fraction of sp³-hybridized carbons (Fsp3) is 0.500. The molecule has 15 heavy (non-hydrogen) atoms. The van der Waals surface area contributed by atoms with Gasteiger partial charge >= 0.3 is 0 Å². The Kier molecular flexibility index (Phi) is 4.43. The number of benzene rings is 1. The highest BCUT2D eigenvalue weighted by atomic mass is 16.5. The molecule has 0 radical (unpaired) electrons. The molecule has 84 valence electrons. The number of phenolic OH excluding ortho intramolecular Hbond substituents is 1. The van der Waals surface area contributed by atoms with E-state index in [0.717, 1.165) is 19.4 Å². The van der Waals surface area contributed by atoms with Crippen molar-refractivity contribution in [1.82, 2.24) is 5.32 Å². The zero-order valence-electron chi connectivity index (χ0n) is 9.63. The van der Waals surface area contributed by atoms with E-state index in [1.807, 2.05) is 20.0 Å². The highest BCUT2D eigenvalue weighted by Gasteiger charge is 2.06. The van der Waals surface area contributed by atoms with Gasteiger partial charge in [0.05, 0.1) is 7.11 Å². The van der Waals surface area contributed by atoms with Crippen molar-refractivity contribution in [2.75, 3.05) is 20.7 Å². The number of nitrogens with one attached hydrogen (secondary N) is 1. The van der Waals surface area contributed by atoms with Crippen molar-refractivity contribution in [2.45, 2.75) is 19.8 Å². The summed E-state index contributed by atoms with van der Waals surface area (Å²) in [5.41, 5.74) is 2.35. The minimum Gasteiger partial charge on any atom is -0.504 e. The lowest BCUT2D eigenvalue weighted by Gasteiger charge is -2.10. The summed E-state index contributed by atoms with van der Waals surface area (Å²) in [6, 6.07) is 3.67. The highest BCUT2D eigenvalue weighted by Crippen LogP contribution is 2.29. The van der Waals surface area contributed by atoms with E-state index < -0.39 is 0 Å². The smallest absolute Gasteiger partial charge is 0.160 e. The fourth-order valence-corrected chi connectivity index (χ4v) is 1.60. The van der Waals surface area contributed by atoms with Gasteiger partial charge in [-0.1, -0.05) is 0 Å². The number of aromatic hydroxyl groups is 1. The third kappa shape index (κ3) is 3.13. The van der Waals surface area contributed by atoms with Crippen LogP contribution in [0.25, 0.3) is 0 Å². The molecule has 1 rings (SSSR count).